The summed E-state index contributed by atoms with van der Waals surface area (Å²) >= 11 is 0. The van der Waals surface area contributed by atoms with Gasteiger partial charge in [-0.25, -0.2) is 0 Å². The summed E-state index contributed by atoms with van der Waals surface area (Å²) in [5, 5.41) is 3.33. The van der Waals surface area contributed by atoms with E-state index in [9.17, 15) is 0 Å². The van der Waals surface area contributed by atoms with E-state index in [1.807, 2.05) is 7.05 Å². The van der Waals surface area contributed by atoms with Crippen molar-refractivity contribution < 1.29 is 4.74 Å². The average molecular weight is 200 g/mol. The van der Waals surface area contributed by atoms with Gasteiger partial charge in [0, 0.05) is 19.1 Å². The summed E-state index contributed by atoms with van der Waals surface area (Å²) in [7, 11) is 2.05. The van der Waals surface area contributed by atoms with Crippen LogP contribution in [0.1, 0.15) is 33.6 Å². The first kappa shape index (κ1) is 12.0. The van der Waals surface area contributed by atoms with Crippen molar-refractivity contribution in [2.24, 2.45) is 0 Å². The van der Waals surface area contributed by atoms with E-state index in [-0.39, 0.29) is 5.60 Å². The molecule has 1 fully saturated rings. The molecule has 3 heteroatoms. The van der Waals surface area contributed by atoms with Gasteiger partial charge in [0.25, 0.3) is 0 Å². The minimum atomic E-state index is -0.0140. The molecule has 0 saturated carbocycles. The van der Waals surface area contributed by atoms with E-state index in [0.29, 0.717) is 6.04 Å². The topological polar surface area (TPSA) is 24.5 Å². The smallest absolute Gasteiger partial charge is 0.0997 e. The van der Waals surface area contributed by atoms with E-state index in [2.05, 4.69) is 31.0 Å². The van der Waals surface area contributed by atoms with Crippen LogP contribution in [0, 0.1) is 0 Å². The molecule has 1 rings (SSSR count). The molecule has 0 aromatic heterocycles. The van der Waals surface area contributed by atoms with E-state index in [0.717, 1.165) is 19.8 Å². The Morgan fingerprint density at radius 3 is 2.29 bits per heavy atom. The Morgan fingerprint density at radius 1 is 1.29 bits per heavy atom. The predicted molar refractivity (Wildman–Crippen MR) is 59.4 cm³/mol. The standard InChI is InChI=1S/C11H24N2O/c1-11(2,3)14-9-13-7-5-10(12-4)6-8-13/h10,12H,5-9H2,1-4H3. The molecule has 0 radical (unpaired) electrons. The van der Waals surface area contributed by atoms with Crippen molar-refractivity contribution in [3.05, 3.63) is 0 Å². The van der Waals surface area contributed by atoms with Gasteiger partial charge in [-0.3, -0.25) is 4.90 Å². The van der Waals surface area contributed by atoms with E-state index in [4.69, 9.17) is 4.74 Å². The van der Waals surface area contributed by atoms with Crippen molar-refractivity contribution in [2.45, 2.75) is 45.3 Å². The van der Waals surface area contributed by atoms with Crippen LogP contribution < -0.4 is 5.32 Å². The average Bonchev–Trinajstić information content (AvgIpc) is 2.14. The quantitative estimate of drug-likeness (QED) is 0.746. The minimum absolute atomic E-state index is 0.0140. The van der Waals surface area contributed by atoms with Crippen molar-refractivity contribution in [3.8, 4) is 0 Å². The number of hydrogen-bond donors (Lipinski definition) is 1. The van der Waals surface area contributed by atoms with Crippen LogP contribution in [0.3, 0.4) is 0 Å². The van der Waals surface area contributed by atoms with Gasteiger partial charge in [0.05, 0.1) is 12.3 Å². The first-order valence-electron chi connectivity index (χ1n) is 5.55. The third kappa shape index (κ3) is 4.40. The van der Waals surface area contributed by atoms with Gasteiger partial charge in [-0.15, -0.1) is 0 Å². The summed E-state index contributed by atoms with van der Waals surface area (Å²) in [6.45, 7) is 9.40. The number of ether oxygens (including phenoxy) is 1. The Hall–Kier alpha value is -0.120. The van der Waals surface area contributed by atoms with Crippen LogP contribution in [0.2, 0.25) is 0 Å². The fraction of sp³-hybridized carbons (Fsp3) is 1.00. The van der Waals surface area contributed by atoms with Gasteiger partial charge in [0.2, 0.25) is 0 Å². The molecule has 84 valence electrons. The number of likely N-dealkylation sites (tertiary alicyclic amines) is 1. The van der Waals surface area contributed by atoms with Gasteiger partial charge in [-0.2, -0.15) is 0 Å². The Kier molecular flexibility index (Phi) is 4.35. The number of rotatable bonds is 3. The predicted octanol–water partition coefficient (Wildman–Crippen LogP) is 1.44. The molecular weight excluding hydrogens is 176 g/mol. The number of nitrogens with zero attached hydrogens (tertiary/aromatic N) is 1. The van der Waals surface area contributed by atoms with Gasteiger partial charge in [-0.1, -0.05) is 0 Å². The monoisotopic (exact) mass is 200 g/mol. The van der Waals surface area contributed by atoms with Gasteiger partial charge in [0.15, 0.2) is 0 Å². The van der Waals surface area contributed by atoms with Gasteiger partial charge >= 0.3 is 0 Å². The summed E-state index contributed by atoms with van der Waals surface area (Å²) in [6.07, 6.45) is 2.48. The number of hydrogen-bond acceptors (Lipinski definition) is 3. The lowest BCUT2D eigenvalue weighted by Crippen LogP contribution is -2.43. The van der Waals surface area contributed by atoms with Gasteiger partial charge in [0.1, 0.15) is 0 Å². The Labute approximate surface area is 87.8 Å². The second-order valence-electron chi connectivity index (χ2n) is 5.07. The summed E-state index contributed by atoms with van der Waals surface area (Å²) in [5.74, 6) is 0. The lowest BCUT2D eigenvalue weighted by atomic mass is 10.1. The molecule has 0 amide bonds. The molecule has 0 atom stereocenters. The maximum atomic E-state index is 5.74. The van der Waals surface area contributed by atoms with E-state index in [1.54, 1.807) is 0 Å². The summed E-state index contributed by atoms with van der Waals surface area (Å²) in [5.41, 5.74) is -0.0140. The van der Waals surface area contributed by atoms with Crippen LogP contribution in [0.25, 0.3) is 0 Å². The van der Waals surface area contributed by atoms with E-state index < -0.39 is 0 Å². The van der Waals surface area contributed by atoms with Crippen molar-refractivity contribution >= 4 is 0 Å². The molecule has 1 saturated heterocycles. The molecule has 14 heavy (non-hydrogen) atoms. The molecule has 1 heterocycles. The molecule has 0 unspecified atom stereocenters. The SMILES string of the molecule is CNC1CCN(COC(C)(C)C)CC1. The molecule has 0 aromatic rings. The Morgan fingerprint density at radius 2 is 1.86 bits per heavy atom. The van der Waals surface area contributed by atoms with Crippen molar-refractivity contribution in [3.63, 3.8) is 0 Å². The lowest BCUT2D eigenvalue weighted by molar-refractivity contribution is -0.0693. The fourth-order valence-corrected chi connectivity index (χ4v) is 1.64. The Balaban J connectivity index is 2.16. The first-order chi connectivity index (χ1) is 6.51. The first-order valence-corrected chi connectivity index (χ1v) is 5.55. The highest BCUT2D eigenvalue weighted by molar-refractivity contribution is 4.74. The van der Waals surface area contributed by atoms with Crippen LogP contribution >= 0.6 is 0 Å². The Bertz CT molecular complexity index is 157. The summed E-state index contributed by atoms with van der Waals surface area (Å²) in [4.78, 5) is 2.39. The maximum Gasteiger partial charge on any atom is 0.0997 e. The zero-order valence-corrected chi connectivity index (χ0v) is 9.97. The van der Waals surface area contributed by atoms with Gasteiger partial charge in [-0.05, 0) is 40.7 Å². The molecule has 0 aromatic carbocycles. The highest BCUT2D eigenvalue weighted by Gasteiger charge is 2.19. The summed E-state index contributed by atoms with van der Waals surface area (Å²) < 4.78 is 5.74. The number of nitrogens with one attached hydrogen (secondary N) is 1. The van der Waals surface area contributed by atoms with Crippen molar-refractivity contribution in [1.29, 1.82) is 0 Å². The molecule has 1 N–H and O–H groups in total. The second kappa shape index (κ2) is 5.10. The minimum Gasteiger partial charge on any atom is -0.360 e. The van der Waals surface area contributed by atoms with Crippen LogP contribution in [-0.4, -0.2) is 43.4 Å². The largest absolute Gasteiger partial charge is 0.360 e. The molecule has 1 aliphatic heterocycles. The normalized spacial score (nSPS) is 21.4. The molecule has 0 bridgehead atoms. The fourth-order valence-electron chi connectivity index (χ4n) is 1.64. The van der Waals surface area contributed by atoms with Crippen molar-refractivity contribution in [1.82, 2.24) is 10.2 Å². The van der Waals surface area contributed by atoms with Crippen LogP contribution in [0.4, 0.5) is 0 Å². The highest BCUT2D eigenvalue weighted by atomic mass is 16.5. The molecule has 0 aliphatic carbocycles. The summed E-state index contributed by atoms with van der Waals surface area (Å²) in [6, 6.07) is 0.709. The van der Waals surface area contributed by atoms with Gasteiger partial charge < -0.3 is 10.1 Å². The molecular formula is C11H24N2O. The zero-order chi connectivity index (χ0) is 10.6. The van der Waals surface area contributed by atoms with E-state index in [1.165, 1.54) is 12.8 Å². The third-order valence-electron chi connectivity index (χ3n) is 2.68. The molecule has 1 aliphatic rings. The lowest BCUT2D eigenvalue weighted by Gasteiger charge is -2.33. The molecule has 3 nitrogen and oxygen atoms in total. The maximum absolute atomic E-state index is 5.74. The third-order valence-corrected chi connectivity index (χ3v) is 2.68. The van der Waals surface area contributed by atoms with Crippen LogP contribution in [-0.2, 0) is 4.74 Å². The van der Waals surface area contributed by atoms with Crippen LogP contribution in [0.5, 0.6) is 0 Å². The second-order valence-corrected chi connectivity index (χ2v) is 5.07. The van der Waals surface area contributed by atoms with E-state index >= 15 is 0 Å². The van der Waals surface area contributed by atoms with Crippen molar-refractivity contribution in [2.75, 3.05) is 26.9 Å². The van der Waals surface area contributed by atoms with Crippen LogP contribution in [0.15, 0.2) is 0 Å². The zero-order valence-electron chi connectivity index (χ0n) is 9.97. The molecule has 0 spiro atoms. The number of piperidine rings is 1. The highest BCUT2D eigenvalue weighted by Crippen LogP contribution is 2.12.